The summed E-state index contributed by atoms with van der Waals surface area (Å²) in [6, 6.07) is 3.11. The lowest BCUT2D eigenvalue weighted by Gasteiger charge is -2.15. The van der Waals surface area contributed by atoms with Crippen LogP contribution in [0, 0.1) is 0 Å². The molecule has 0 saturated carbocycles. The van der Waals surface area contributed by atoms with Crippen molar-refractivity contribution in [3.63, 3.8) is 0 Å². The normalized spacial score (nSPS) is 13.9. The second-order valence-corrected chi connectivity index (χ2v) is 5.09. The van der Waals surface area contributed by atoms with E-state index >= 15 is 0 Å². The van der Waals surface area contributed by atoms with Crippen LogP contribution < -0.4 is 4.90 Å². The van der Waals surface area contributed by atoms with Crippen molar-refractivity contribution in [3.05, 3.63) is 39.4 Å². The molecule has 1 amide bonds. The summed E-state index contributed by atoms with van der Waals surface area (Å²) >= 11 is 12.0. The molecule has 0 saturated heterocycles. The van der Waals surface area contributed by atoms with E-state index in [0.29, 0.717) is 17.3 Å². The van der Waals surface area contributed by atoms with Gasteiger partial charge in [0.25, 0.3) is 11.7 Å². The highest BCUT2D eigenvalue weighted by Gasteiger charge is 2.38. The number of hydrogen-bond donors (Lipinski definition) is 0. The van der Waals surface area contributed by atoms with Gasteiger partial charge >= 0.3 is 0 Å². The molecule has 1 aliphatic heterocycles. The molecule has 1 aromatic carbocycles. The summed E-state index contributed by atoms with van der Waals surface area (Å²) in [7, 11) is 0. The Kier molecular flexibility index (Phi) is 3.46. The van der Waals surface area contributed by atoms with Crippen LogP contribution in [-0.2, 0) is 4.79 Å². The van der Waals surface area contributed by atoms with Crippen LogP contribution in [0.4, 0.5) is 5.69 Å². The predicted molar refractivity (Wildman–Crippen MR) is 72.6 cm³/mol. The Morgan fingerprint density at radius 3 is 2.44 bits per heavy atom. The summed E-state index contributed by atoms with van der Waals surface area (Å²) in [6.45, 7) is 4.16. The smallest absolute Gasteiger partial charge is 0.299 e. The molecular formula is C13H11Cl2NO2. The van der Waals surface area contributed by atoms with Gasteiger partial charge in [-0.05, 0) is 26.0 Å². The van der Waals surface area contributed by atoms with Crippen molar-refractivity contribution in [2.45, 2.75) is 13.8 Å². The van der Waals surface area contributed by atoms with E-state index in [4.69, 9.17) is 23.2 Å². The van der Waals surface area contributed by atoms with Gasteiger partial charge in [0.15, 0.2) is 0 Å². The largest absolute Gasteiger partial charge is 0.299 e. The first-order valence-electron chi connectivity index (χ1n) is 5.41. The third kappa shape index (κ3) is 2.04. The predicted octanol–water partition coefficient (Wildman–Crippen LogP) is 3.49. The third-order valence-corrected chi connectivity index (χ3v) is 3.32. The molecule has 0 aliphatic carbocycles. The Hall–Kier alpha value is -1.32. The topological polar surface area (TPSA) is 37.4 Å². The molecule has 0 unspecified atom stereocenters. The van der Waals surface area contributed by atoms with E-state index in [1.807, 2.05) is 19.9 Å². The molecule has 0 aromatic heterocycles. The average Bonchev–Trinajstić information content (AvgIpc) is 2.56. The number of allylic oxidation sites excluding steroid dienone is 1. The number of fused-ring (bicyclic) bond motifs is 1. The summed E-state index contributed by atoms with van der Waals surface area (Å²) in [4.78, 5) is 25.1. The summed E-state index contributed by atoms with van der Waals surface area (Å²) < 4.78 is 0. The van der Waals surface area contributed by atoms with Gasteiger partial charge < -0.3 is 0 Å². The summed E-state index contributed by atoms with van der Waals surface area (Å²) in [5.41, 5.74) is 1.68. The number of rotatable bonds is 2. The van der Waals surface area contributed by atoms with Crippen molar-refractivity contribution < 1.29 is 9.59 Å². The first-order chi connectivity index (χ1) is 8.43. The van der Waals surface area contributed by atoms with Crippen LogP contribution in [0.3, 0.4) is 0 Å². The van der Waals surface area contributed by atoms with E-state index in [1.165, 1.54) is 11.0 Å². The van der Waals surface area contributed by atoms with Crippen LogP contribution in [0.1, 0.15) is 24.2 Å². The highest BCUT2D eigenvalue weighted by atomic mass is 35.5. The van der Waals surface area contributed by atoms with Gasteiger partial charge in [0.1, 0.15) is 0 Å². The number of carbonyl (C=O) groups is 2. The van der Waals surface area contributed by atoms with Gasteiger partial charge in [0.2, 0.25) is 0 Å². The summed E-state index contributed by atoms with van der Waals surface area (Å²) in [5.74, 6) is -1.18. The summed E-state index contributed by atoms with van der Waals surface area (Å²) in [6.07, 6.45) is 1.86. The Balaban J connectivity index is 2.55. The monoisotopic (exact) mass is 283 g/mol. The van der Waals surface area contributed by atoms with Crippen molar-refractivity contribution >= 4 is 40.6 Å². The number of nitrogens with zero attached hydrogens (tertiary/aromatic N) is 1. The fraction of sp³-hybridized carbons (Fsp3) is 0.231. The Bertz CT molecular complexity index is 575. The molecule has 0 N–H and O–H groups in total. The minimum Gasteiger partial charge on any atom is -0.299 e. The molecular weight excluding hydrogens is 273 g/mol. The van der Waals surface area contributed by atoms with Crippen molar-refractivity contribution in [1.82, 2.24) is 0 Å². The zero-order valence-corrected chi connectivity index (χ0v) is 11.5. The first kappa shape index (κ1) is 13.1. The van der Waals surface area contributed by atoms with Crippen molar-refractivity contribution in [3.8, 4) is 0 Å². The molecule has 0 fully saturated rings. The molecule has 1 aromatic rings. The van der Waals surface area contributed by atoms with Crippen LogP contribution in [0.2, 0.25) is 10.0 Å². The zero-order valence-electron chi connectivity index (χ0n) is 9.96. The fourth-order valence-corrected chi connectivity index (χ4v) is 2.30. The molecule has 0 atom stereocenters. The Morgan fingerprint density at radius 2 is 1.83 bits per heavy atom. The van der Waals surface area contributed by atoms with E-state index in [-0.39, 0.29) is 10.6 Å². The number of hydrogen-bond acceptors (Lipinski definition) is 2. The molecule has 1 heterocycles. The van der Waals surface area contributed by atoms with Crippen LogP contribution in [0.25, 0.3) is 0 Å². The number of halogens is 2. The van der Waals surface area contributed by atoms with Gasteiger partial charge in [-0.2, -0.15) is 0 Å². The van der Waals surface area contributed by atoms with E-state index in [9.17, 15) is 9.59 Å². The summed E-state index contributed by atoms with van der Waals surface area (Å²) in [5, 5.41) is 0.614. The SMILES string of the molecule is CC(C)=CCN1C(=O)C(=O)c2c(Cl)ccc(Cl)c21. The van der Waals surface area contributed by atoms with Crippen molar-refractivity contribution in [2.24, 2.45) is 0 Å². The maximum atomic E-state index is 11.9. The van der Waals surface area contributed by atoms with Crippen LogP contribution in [-0.4, -0.2) is 18.2 Å². The van der Waals surface area contributed by atoms with E-state index in [0.717, 1.165) is 5.57 Å². The maximum absolute atomic E-state index is 11.9. The number of Topliss-reactive ketones (excluding diaryl/α,β-unsaturated/α-hetero) is 1. The van der Waals surface area contributed by atoms with Gasteiger partial charge in [0, 0.05) is 6.54 Å². The van der Waals surface area contributed by atoms with Gasteiger partial charge in [-0.1, -0.05) is 34.9 Å². The average molecular weight is 284 g/mol. The minimum absolute atomic E-state index is 0.205. The van der Waals surface area contributed by atoms with Gasteiger partial charge in [-0.15, -0.1) is 0 Å². The lowest BCUT2D eigenvalue weighted by molar-refractivity contribution is -0.114. The van der Waals surface area contributed by atoms with Gasteiger partial charge in [-0.25, -0.2) is 0 Å². The molecule has 2 rings (SSSR count). The molecule has 0 radical (unpaired) electrons. The van der Waals surface area contributed by atoms with Gasteiger partial charge in [-0.3, -0.25) is 14.5 Å². The molecule has 1 aliphatic rings. The molecule has 0 bridgehead atoms. The quantitative estimate of drug-likeness (QED) is 0.615. The Labute approximate surface area is 115 Å². The number of anilines is 1. The fourth-order valence-electron chi connectivity index (χ4n) is 1.80. The minimum atomic E-state index is -0.598. The van der Waals surface area contributed by atoms with Gasteiger partial charge in [0.05, 0.1) is 21.3 Å². The highest BCUT2D eigenvalue weighted by Crippen LogP contribution is 2.39. The molecule has 5 heteroatoms. The van der Waals surface area contributed by atoms with Crippen LogP contribution >= 0.6 is 23.2 Å². The number of amides is 1. The van der Waals surface area contributed by atoms with Crippen molar-refractivity contribution in [1.29, 1.82) is 0 Å². The lowest BCUT2D eigenvalue weighted by Crippen LogP contribution is -2.30. The number of carbonyl (C=O) groups excluding carboxylic acids is 2. The zero-order chi connectivity index (χ0) is 13.4. The lowest BCUT2D eigenvalue weighted by atomic mass is 10.1. The number of benzene rings is 1. The van der Waals surface area contributed by atoms with E-state index < -0.39 is 11.7 Å². The molecule has 18 heavy (non-hydrogen) atoms. The molecule has 94 valence electrons. The van der Waals surface area contributed by atoms with Crippen molar-refractivity contribution in [2.75, 3.05) is 11.4 Å². The standard InChI is InChI=1S/C13H11Cl2NO2/c1-7(2)5-6-16-11-9(15)4-3-8(14)10(11)12(17)13(16)18/h3-5H,6H2,1-2H3. The van der Waals surface area contributed by atoms with E-state index in [2.05, 4.69) is 0 Å². The van der Waals surface area contributed by atoms with E-state index in [1.54, 1.807) is 6.07 Å². The van der Waals surface area contributed by atoms with Crippen LogP contribution in [0.15, 0.2) is 23.8 Å². The highest BCUT2D eigenvalue weighted by molar-refractivity contribution is 6.57. The maximum Gasteiger partial charge on any atom is 0.299 e. The first-order valence-corrected chi connectivity index (χ1v) is 6.16. The molecule has 0 spiro atoms. The number of ketones is 1. The Morgan fingerprint density at radius 1 is 1.22 bits per heavy atom. The van der Waals surface area contributed by atoms with Crippen LogP contribution in [0.5, 0.6) is 0 Å². The molecule has 3 nitrogen and oxygen atoms in total. The third-order valence-electron chi connectivity index (χ3n) is 2.70. The second kappa shape index (κ2) is 4.75. The second-order valence-electron chi connectivity index (χ2n) is 4.28.